The average molecular weight is 325 g/mol. The maximum absolute atomic E-state index is 12.4. The van der Waals surface area contributed by atoms with Crippen LogP contribution in [0.2, 0.25) is 0 Å². The zero-order valence-corrected chi connectivity index (χ0v) is 11.4. The van der Waals surface area contributed by atoms with Gasteiger partial charge in [-0.05, 0) is 41.9 Å². The van der Waals surface area contributed by atoms with Crippen molar-refractivity contribution in [3.63, 3.8) is 0 Å². The Balaban J connectivity index is 2.97. The van der Waals surface area contributed by atoms with Crippen LogP contribution in [0.15, 0.2) is 22.8 Å². The van der Waals surface area contributed by atoms with E-state index in [0.717, 1.165) is 4.90 Å². The second kappa shape index (κ2) is 5.69. The Morgan fingerprint density at radius 2 is 2.06 bits per heavy atom. The highest BCUT2D eigenvalue weighted by molar-refractivity contribution is 9.10. The number of carbonyl (C=O) groups is 1. The molecule has 0 fully saturated rings. The van der Waals surface area contributed by atoms with Gasteiger partial charge in [0.05, 0.1) is 0 Å². The third-order valence-electron chi connectivity index (χ3n) is 2.17. The highest BCUT2D eigenvalue weighted by Crippen LogP contribution is 2.20. The third kappa shape index (κ3) is 4.29. The zero-order chi connectivity index (χ0) is 13.9. The fraction of sp³-hybridized carbons (Fsp3) is 0.455. The molecule has 0 aliphatic rings. The molecule has 0 aliphatic carbocycles. The molecule has 0 unspecified atom stereocenters. The van der Waals surface area contributed by atoms with Gasteiger partial charge in [-0.25, -0.2) is 4.98 Å². The molecule has 0 N–H and O–H groups in total. The minimum absolute atomic E-state index is 0.0117. The average Bonchev–Trinajstić information content (AvgIpc) is 2.23. The van der Waals surface area contributed by atoms with Crippen molar-refractivity contribution in [1.82, 2.24) is 9.88 Å². The Morgan fingerprint density at radius 3 is 2.50 bits per heavy atom. The molecule has 0 bridgehead atoms. The van der Waals surface area contributed by atoms with E-state index in [1.54, 1.807) is 12.1 Å². The van der Waals surface area contributed by atoms with E-state index in [1.165, 1.54) is 19.9 Å². The van der Waals surface area contributed by atoms with Gasteiger partial charge >= 0.3 is 6.18 Å². The molecule has 0 spiro atoms. The van der Waals surface area contributed by atoms with Crippen LogP contribution in [0.4, 0.5) is 13.2 Å². The number of halogens is 4. The third-order valence-corrected chi connectivity index (χ3v) is 2.61. The Bertz CT molecular complexity index is 435. The first kappa shape index (κ1) is 14.9. The van der Waals surface area contributed by atoms with Gasteiger partial charge in [0.2, 0.25) is 0 Å². The summed E-state index contributed by atoms with van der Waals surface area (Å²) in [6.45, 7) is 1.78. The van der Waals surface area contributed by atoms with Crippen LogP contribution in [-0.4, -0.2) is 34.6 Å². The maximum Gasteiger partial charge on any atom is 0.406 e. The first-order valence-corrected chi connectivity index (χ1v) is 6.00. The topological polar surface area (TPSA) is 33.2 Å². The lowest BCUT2D eigenvalue weighted by atomic mass is 10.2. The van der Waals surface area contributed by atoms with E-state index in [9.17, 15) is 18.0 Å². The summed E-state index contributed by atoms with van der Waals surface area (Å²) in [7, 11) is 0. The lowest BCUT2D eigenvalue weighted by molar-refractivity contribution is -0.143. The molecule has 0 aliphatic heterocycles. The molecule has 1 rings (SSSR count). The molecular weight excluding hydrogens is 313 g/mol. The summed E-state index contributed by atoms with van der Waals surface area (Å²) in [4.78, 5) is 16.6. The van der Waals surface area contributed by atoms with Crippen LogP contribution in [0.1, 0.15) is 24.3 Å². The van der Waals surface area contributed by atoms with Crippen molar-refractivity contribution < 1.29 is 18.0 Å². The molecule has 3 nitrogen and oxygen atoms in total. The van der Waals surface area contributed by atoms with Crippen LogP contribution in [0.3, 0.4) is 0 Å². The molecule has 0 saturated carbocycles. The number of alkyl halides is 3. The smallest absolute Gasteiger partial charge is 0.326 e. The number of rotatable bonds is 3. The minimum atomic E-state index is -4.42. The number of pyridine rings is 1. The van der Waals surface area contributed by atoms with Gasteiger partial charge in [-0.2, -0.15) is 13.2 Å². The number of hydrogen-bond donors (Lipinski definition) is 0. The van der Waals surface area contributed by atoms with Crippen molar-refractivity contribution in [2.24, 2.45) is 0 Å². The minimum Gasteiger partial charge on any atom is -0.326 e. The van der Waals surface area contributed by atoms with Gasteiger partial charge in [-0.15, -0.1) is 0 Å². The number of carbonyl (C=O) groups excluding carboxylic acids is 1. The number of amides is 1. The standard InChI is InChI=1S/C11H12BrF3N2O/c1-7(2)17(6-11(13,14)15)10(18)8-4-3-5-9(12)16-8/h3-5,7H,6H2,1-2H3. The summed E-state index contributed by atoms with van der Waals surface area (Å²) < 4.78 is 37.6. The second-order valence-electron chi connectivity index (χ2n) is 3.99. The summed E-state index contributed by atoms with van der Waals surface area (Å²) in [6.07, 6.45) is -4.42. The van der Waals surface area contributed by atoms with Crippen LogP contribution in [0.5, 0.6) is 0 Å². The van der Waals surface area contributed by atoms with Gasteiger partial charge in [0.25, 0.3) is 5.91 Å². The lowest BCUT2D eigenvalue weighted by Gasteiger charge is -2.27. The number of hydrogen-bond acceptors (Lipinski definition) is 2. The van der Waals surface area contributed by atoms with E-state index in [-0.39, 0.29) is 5.69 Å². The van der Waals surface area contributed by atoms with E-state index < -0.39 is 24.7 Å². The summed E-state index contributed by atoms with van der Waals surface area (Å²) >= 11 is 3.07. The van der Waals surface area contributed by atoms with Crippen molar-refractivity contribution in [1.29, 1.82) is 0 Å². The Morgan fingerprint density at radius 1 is 1.44 bits per heavy atom. The molecule has 18 heavy (non-hydrogen) atoms. The Hall–Kier alpha value is -1.11. The van der Waals surface area contributed by atoms with Crippen LogP contribution in [-0.2, 0) is 0 Å². The molecule has 0 radical (unpaired) electrons. The van der Waals surface area contributed by atoms with Crippen LogP contribution < -0.4 is 0 Å². The fourth-order valence-electron chi connectivity index (χ4n) is 1.36. The van der Waals surface area contributed by atoms with Gasteiger partial charge in [0.15, 0.2) is 0 Å². The second-order valence-corrected chi connectivity index (χ2v) is 4.80. The number of aromatic nitrogens is 1. The highest BCUT2D eigenvalue weighted by Gasteiger charge is 2.34. The van der Waals surface area contributed by atoms with Crippen LogP contribution in [0.25, 0.3) is 0 Å². The van der Waals surface area contributed by atoms with E-state index >= 15 is 0 Å². The van der Waals surface area contributed by atoms with Crippen LogP contribution in [0, 0.1) is 0 Å². The molecule has 1 aromatic rings. The molecule has 7 heteroatoms. The predicted octanol–water partition coefficient (Wildman–Crippen LogP) is 3.26. The summed E-state index contributed by atoms with van der Waals surface area (Å²) in [6, 6.07) is 3.98. The SMILES string of the molecule is CC(C)N(CC(F)(F)F)C(=O)c1cccc(Br)n1. The number of nitrogens with zero attached hydrogens (tertiary/aromatic N) is 2. The summed E-state index contributed by atoms with van der Waals surface area (Å²) in [5, 5.41) is 0. The van der Waals surface area contributed by atoms with E-state index in [4.69, 9.17) is 0 Å². The first-order chi connectivity index (χ1) is 8.20. The van der Waals surface area contributed by atoms with Gasteiger partial charge < -0.3 is 4.90 Å². The van der Waals surface area contributed by atoms with Gasteiger partial charge in [-0.3, -0.25) is 4.79 Å². The van der Waals surface area contributed by atoms with Crippen molar-refractivity contribution in [3.8, 4) is 0 Å². The molecule has 1 heterocycles. The van der Waals surface area contributed by atoms with Crippen molar-refractivity contribution in [2.45, 2.75) is 26.1 Å². The highest BCUT2D eigenvalue weighted by atomic mass is 79.9. The first-order valence-electron chi connectivity index (χ1n) is 5.21. The Kier molecular flexibility index (Phi) is 4.72. The molecule has 0 aromatic carbocycles. The molecule has 0 atom stereocenters. The molecule has 100 valence electrons. The fourth-order valence-corrected chi connectivity index (χ4v) is 1.70. The molecule has 1 amide bonds. The van der Waals surface area contributed by atoms with Gasteiger partial charge in [0.1, 0.15) is 16.8 Å². The zero-order valence-electron chi connectivity index (χ0n) is 9.83. The largest absolute Gasteiger partial charge is 0.406 e. The van der Waals surface area contributed by atoms with Crippen molar-refractivity contribution in [2.75, 3.05) is 6.54 Å². The van der Waals surface area contributed by atoms with Crippen molar-refractivity contribution >= 4 is 21.8 Å². The van der Waals surface area contributed by atoms with E-state index in [1.807, 2.05) is 0 Å². The summed E-state index contributed by atoms with van der Waals surface area (Å²) in [5.74, 6) is -0.733. The van der Waals surface area contributed by atoms with Gasteiger partial charge in [0, 0.05) is 6.04 Å². The quantitative estimate of drug-likeness (QED) is 0.799. The normalized spacial score (nSPS) is 11.7. The van der Waals surface area contributed by atoms with E-state index in [0.29, 0.717) is 4.60 Å². The molecule has 1 aromatic heterocycles. The monoisotopic (exact) mass is 324 g/mol. The maximum atomic E-state index is 12.4. The van der Waals surface area contributed by atoms with Crippen LogP contribution >= 0.6 is 15.9 Å². The Labute approximate surface area is 111 Å². The van der Waals surface area contributed by atoms with Gasteiger partial charge in [-0.1, -0.05) is 6.07 Å². The summed E-state index contributed by atoms with van der Waals surface area (Å²) in [5.41, 5.74) is -0.0117. The molecular formula is C11H12BrF3N2O. The van der Waals surface area contributed by atoms with Crippen molar-refractivity contribution in [3.05, 3.63) is 28.5 Å². The molecule has 0 saturated heterocycles. The predicted molar refractivity (Wildman–Crippen MR) is 64.2 cm³/mol. The van der Waals surface area contributed by atoms with E-state index in [2.05, 4.69) is 20.9 Å². The lowest BCUT2D eigenvalue weighted by Crippen LogP contribution is -2.43.